The first kappa shape index (κ1) is 13.3. The van der Waals surface area contributed by atoms with Crippen LogP contribution in [0.4, 0.5) is 5.69 Å². The number of hydrogen-bond donors (Lipinski definition) is 2. The molecule has 0 aliphatic heterocycles. The molecule has 0 saturated heterocycles. The standard InChI is InChI=1S/C15H17NO3/c1-10-9-13(16-15(19)12-3-2-4-12)7-5-11(10)6-8-14(17)18/h5-9,12H,2-4H2,1H3,(H,16,19)(H,17,18). The normalized spacial score (nSPS) is 15.2. The molecule has 4 nitrogen and oxygen atoms in total. The van der Waals surface area contributed by atoms with Crippen LogP contribution >= 0.6 is 0 Å². The molecule has 0 unspecified atom stereocenters. The minimum Gasteiger partial charge on any atom is -0.478 e. The molecule has 1 aromatic rings. The lowest BCUT2D eigenvalue weighted by Gasteiger charge is -2.24. The van der Waals surface area contributed by atoms with Crippen LogP contribution in [0.25, 0.3) is 6.08 Å². The van der Waals surface area contributed by atoms with Crippen molar-refractivity contribution in [1.82, 2.24) is 0 Å². The molecule has 0 atom stereocenters. The molecule has 0 spiro atoms. The zero-order valence-corrected chi connectivity index (χ0v) is 10.8. The van der Waals surface area contributed by atoms with Crippen molar-refractivity contribution in [3.63, 3.8) is 0 Å². The summed E-state index contributed by atoms with van der Waals surface area (Å²) in [6.07, 6.45) is 5.74. The van der Waals surface area contributed by atoms with E-state index in [1.165, 1.54) is 0 Å². The van der Waals surface area contributed by atoms with Crippen molar-refractivity contribution in [1.29, 1.82) is 0 Å². The van der Waals surface area contributed by atoms with Gasteiger partial charge in [0.1, 0.15) is 0 Å². The first-order valence-corrected chi connectivity index (χ1v) is 6.39. The third-order valence-electron chi connectivity index (χ3n) is 3.42. The second-order valence-electron chi connectivity index (χ2n) is 4.86. The van der Waals surface area contributed by atoms with Crippen molar-refractivity contribution < 1.29 is 14.7 Å². The molecule has 1 aromatic carbocycles. The fourth-order valence-electron chi connectivity index (χ4n) is 2.02. The van der Waals surface area contributed by atoms with E-state index in [4.69, 9.17) is 5.11 Å². The average Bonchev–Trinajstić information content (AvgIpc) is 2.25. The van der Waals surface area contributed by atoms with E-state index in [9.17, 15) is 9.59 Å². The lowest BCUT2D eigenvalue weighted by molar-refractivity contribution is -0.131. The maximum absolute atomic E-state index is 11.8. The Hall–Kier alpha value is -2.10. The fourth-order valence-corrected chi connectivity index (χ4v) is 2.02. The Balaban J connectivity index is 2.05. The van der Waals surface area contributed by atoms with E-state index in [0.29, 0.717) is 0 Å². The first-order valence-electron chi connectivity index (χ1n) is 6.39. The highest BCUT2D eigenvalue weighted by Crippen LogP contribution is 2.28. The van der Waals surface area contributed by atoms with Gasteiger partial charge in [-0.3, -0.25) is 4.79 Å². The van der Waals surface area contributed by atoms with Crippen molar-refractivity contribution in [3.8, 4) is 0 Å². The summed E-state index contributed by atoms with van der Waals surface area (Å²) in [5.41, 5.74) is 2.54. The minimum atomic E-state index is -0.971. The second-order valence-corrected chi connectivity index (χ2v) is 4.86. The molecule has 1 aliphatic carbocycles. The SMILES string of the molecule is Cc1cc(NC(=O)C2CCC2)ccc1C=CC(=O)O. The van der Waals surface area contributed by atoms with Gasteiger partial charge in [0.05, 0.1) is 0 Å². The van der Waals surface area contributed by atoms with Crippen molar-refractivity contribution in [2.75, 3.05) is 5.32 Å². The van der Waals surface area contributed by atoms with Gasteiger partial charge in [0, 0.05) is 17.7 Å². The first-order chi connectivity index (χ1) is 9.06. The van der Waals surface area contributed by atoms with Crippen LogP contribution in [0.2, 0.25) is 0 Å². The fraction of sp³-hybridized carbons (Fsp3) is 0.333. The van der Waals surface area contributed by atoms with Gasteiger partial charge in [-0.15, -0.1) is 0 Å². The highest BCUT2D eigenvalue weighted by atomic mass is 16.4. The molecule has 2 rings (SSSR count). The monoisotopic (exact) mass is 259 g/mol. The summed E-state index contributed by atoms with van der Waals surface area (Å²) in [5, 5.41) is 11.5. The third-order valence-corrected chi connectivity index (χ3v) is 3.42. The third kappa shape index (κ3) is 3.44. The predicted molar refractivity (Wildman–Crippen MR) is 73.8 cm³/mol. The average molecular weight is 259 g/mol. The molecule has 1 amide bonds. The topological polar surface area (TPSA) is 66.4 Å². The Morgan fingerprint density at radius 1 is 1.37 bits per heavy atom. The molecular formula is C15H17NO3. The summed E-state index contributed by atoms with van der Waals surface area (Å²) in [4.78, 5) is 22.3. The second kappa shape index (κ2) is 5.69. The number of rotatable bonds is 4. The number of benzene rings is 1. The van der Waals surface area contributed by atoms with Crippen LogP contribution in [0.15, 0.2) is 24.3 Å². The predicted octanol–water partition coefficient (Wildman–Crippen LogP) is 2.83. The van der Waals surface area contributed by atoms with E-state index in [1.807, 2.05) is 19.1 Å². The Morgan fingerprint density at radius 2 is 2.11 bits per heavy atom. The van der Waals surface area contributed by atoms with Gasteiger partial charge in [-0.1, -0.05) is 12.5 Å². The van der Waals surface area contributed by atoms with Gasteiger partial charge in [-0.2, -0.15) is 0 Å². The number of anilines is 1. The molecule has 1 fully saturated rings. The summed E-state index contributed by atoms with van der Waals surface area (Å²) in [7, 11) is 0. The van der Waals surface area contributed by atoms with Gasteiger partial charge < -0.3 is 10.4 Å². The van der Waals surface area contributed by atoms with Gasteiger partial charge >= 0.3 is 5.97 Å². The smallest absolute Gasteiger partial charge is 0.328 e. The summed E-state index contributed by atoms with van der Waals surface area (Å²) < 4.78 is 0. The minimum absolute atomic E-state index is 0.0829. The van der Waals surface area contributed by atoms with Crippen LogP contribution in [0.3, 0.4) is 0 Å². The van der Waals surface area contributed by atoms with Gasteiger partial charge in [0.25, 0.3) is 0 Å². The molecule has 1 saturated carbocycles. The maximum atomic E-state index is 11.8. The lowest BCUT2D eigenvalue weighted by atomic mass is 9.85. The Bertz CT molecular complexity index is 530. The summed E-state index contributed by atoms with van der Waals surface area (Å²) in [6.45, 7) is 1.89. The van der Waals surface area contributed by atoms with E-state index in [2.05, 4.69) is 5.32 Å². The zero-order valence-electron chi connectivity index (χ0n) is 10.8. The number of aryl methyl sites for hydroxylation is 1. The van der Waals surface area contributed by atoms with Crippen LogP contribution in [-0.4, -0.2) is 17.0 Å². The van der Waals surface area contributed by atoms with E-state index in [-0.39, 0.29) is 11.8 Å². The number of nitrogens with one attached hydrogen (secondary N) is 1. The number of amides is 1. The summed E-state index contributed by atoms with van der Waals surface area (Å²) >= 11 is 0. The molecule has 19 heavy (non-hydrogen) atoms. The largest absolute Gasteiger partial charge is 0.478 e. The molecular weight excluding hydrogens is 242 g/mol. The van der Waals surface area contributed by atoms with Crippen molar-refractivity contribution in [2.45, 2.75) is 26.2 Å². The van der Waals surface area contributed by atoms with E-state index in [0.717, 1.165) is 42.2 Å². The Morgan fingerprint density at radius 3 is 2.63 bits per heavy atom. The quantitative estimate of drug-likeness (QED) is 0.817. The number of hydrogen-bond acceptors (Lipinski definition) is 2. The lowest BCUT2D eigenvalue weighted by Crippen LogP contribution is -2.28. The van der Waals surface area contributed by atoms with Gasteiger partial charge in [-0.05, 0) is 49.1 Å². The van der Waals surface area contributed by atoms with Crippen LogP contribution < -0.4 is 5.32 Å². The van der Waals surface area contributed by atoms with E-state index < -0.39 is 5.97 Å². The summed E-state index contributed by atoms with van der Waals surface area (Å²) in [5.74, 6) is -0.729. The molecule has 100 valence electrons. The molecule has 0 aromatic heterocycles. The Kier molecular flexibility index (Phi) is 4.00. The molecule has 0 radical (unpaired) electrons. The van der Waals surface area contributed by atoms with Crippen LogP contribution in [0.1, 0.15) is 30.4 Å². The molecule has 0 heterocycles. The van der Waals surface area contributed by atoms with Crippen molar-refractivity contribution >= 4 is 23.6 Å². The van der Waals surface area contributed by atoms with Crippen LogP contribution in [0, 0.1) is 12.8 Å². The number of carboxylic acids is 1. The number of carbonyl (C=O) groups excluding carboxylic acids is 1. The van der Waals surface area contributed by atoms with Crippen LogP contribution in [0.5, 0.6) is 0 Å². The van der Waals surface area contributed by atoms with Gasteiger partial charge in [-0.25, -0.2) is 4.79 Å². The van der Waals surface area contributed by atoms with Gasteiger partial charge in [0.15, 0.2) is 0 Å². The summed E-state index contributed by atoms with van der Waals surface area (Å²) in [6, 6.07) is 5.47. The molecule has 1 aliphatic rings. The molecule has 2 N–H and O–H groups in total. The van der Waals surface area contributed by atoms with Crippen LogP contribution in [-0.2, 0) is 9.59 Å². The highest BCUT2D eigenvalue weighted by Gasteiger charge is 2.25. The number of carboxylic acid groups (broad SMARTS) is 1. The van der Waals surface area contributed by atoms with E-state index >= 15 is 0 Å². The molecule has 0 bridgehead atoms. The molecule has 4 heteroatoms. The number of aliphatic carboxylic acids is 1. The highest BCUT2D eigenvalue weighted by molar-refractivity contribution is 5.93. The number of carbonyl (C=O) groups is 2. The van der Waals surface area contributed by atoms with Crippen molar-refractivity contribution in [3.05, 3.63) is 35.4 Å². The maximum Gasteiger partial charge on any atom is 0.328 e. The zero-order chi connectivity index (χ0) is 13.8. The Labute approximate surface area is 112 Å². The van der Waals surface area contributed by atoms with Crippen molar-refractivity contribution in [2.24, 2.45) is 5.92 Å². The van der Waals surface area contributed by atoms with E-state index in [1.54, 1.807) is 12.1 Å². The van der Waals surface area contributed by atoms with Gasteiger partial charge in [0.2, 0.25) is 5.91 Å².